The van der Waals surface area contributed by atoms with E-state index in [1.807, 2.05) is 7.05 Å². The lowest BCUT2D eigenvalue weighted by molar-refractivity contribution is -0.141. The van der Waals surface area contributed by atoms with Crippen LogP contribution in [0.3, 0.4) is 0 Å². The molecule has 8 nitrogen and oxygen atoms in total. The van der Waals surface area contributed by atoms with E-state index in [0.717, 1.165) is 24.1 Å². The van der Waals surface area contributed by atoms with Crippen molar-refractivity contribution < 1.29 is 18.4 Å². The second-order valence-corrected chi connectivity index (χ2v) is 7.31. The van der Waals surface area contributed by atoms with Gasteiger partial charge in [0, 0.05) is 44.4 Å². The summed E-state index contributed by atoms with van der Waals surface area (Å²) in [6.07, 6.45) is 2.00. The summed E-state index contributed by atoms with van der Waals surface area (Å²) in [4.78, 5) is 18.9. The van der Waals surface area contributed by atoms with Gasteiger partial charge in [0.25, 0.3) is 11.8 Å². The molecule has 1 fully saturated rings. The first-order valence-electron chi connectivity index (χ1n) is 9.66. The Kier molecular flexibility index (Phi) is 4.39. The number of aromatic nitrogens is 4. The Labute approximate surface area is 166 Å². The molecule has 2 aliphatic rings. The zero-order chi connectivity index (χ0) is 20.0. The molecule has 0 bridgehead atoms. The summed E-state index contributed by atoms with van der Waals surface area (Å²) in [6.45, 7) is 1.66. The molecule has 0 spiro atoms. The molecule has 9 heteroatoms. The van der Waals surface area contributed by atoms with E-state index in [1.54, 1.807) is 27.8 Å². The number of hydrogen-bond donors (Lipinski definition) is 0. The normalized spacial score (nSPS) is 18.8. The molecule has 1 aromatic carbocycles. The maximum atomic E-state index is 14.1. The second-order valence-electron chi connectivity index (χ2n) is 7.31. The molecule has 1 saturated heterocycles. The van der Waals surface area contributed by atoms with Crippen molar-refractivity contribution in [3.05, 3.63) is 41.3 Å². The Balaban J connectivity index is 1.46. The van der Waals surface area contributed by atoms with Gasteiger partial charge in [-0.05, 0) is 25.0 Å². The van der Waals surface area contributed by atoms with Gasteiger partial charge in [-0.25, -0.2) is 4.39 Å². The minimum Gasteiger partial charge on any atom is -0.368 e. The summed E-state index contributed by atoms with van der Waals surface area (Å²) in [5, 5.41) is 8.46. The molecule has 0 aliphatic carbocycles. The fourth-order valence-corrected chi connectivity index (χ4v) is 4.00. The lowest BCUT2D eigenvalue weighted by atomic mass is 10.0. The number of nitrogens with zero attached hydrogens (tertiary/aromatic N) is 5. The molecule has 0 saturated carbocycles. The quantitative estimate of drug-likeness (QED) is 0.674. The van der Waals surface area contributed by atoms with Crippen molar-refractivity contribution >= 4 is 5.91 Å². The number of fused-ring (bicyclic) bond motifs is 1. The number of halogens is 1. The first kappa shape index (κ1) is 18.0. The van der Waals surface area contributed by atoms with Gasteiger partial charge in [-0.2, -0.15) is 10.1 Å². The largest absolute Gasteiger partial charge is 0.368 e. The third kappa shape index (κ3) is 3.11. The summed E-state index contributed by atoms with van der Waals surface area (Å²) < 4.78 is 26.8. The Morgan fingerprint density at radius 3 is 2.97 bits per heavy atom. The van der Waals surface area contributed by atoms with Crippen LogP contribution in [0.15, 0.2) is 28.8 Å². The number of aryl methyl sites for hydroxylation is 1. The van der Waals surface area contributed by atoms with Crippen molar-refractivity contribution in [2.24, 2.45) is 7.05 Å². The molecule has 0 unspecified atom stereocenters. The highest BCUT2D eigenvalue weighted by Crippen LogP contribution is 2.31. The highest BCUT2D eigenvalue weighted by atomic mass is 19.1. The smallest absolute Gasteiger partial charge is 0.279 e. The Morgan fingerprint density at radius 1 is 1.31 bits per heavy atom. The molecule has 0 N–H and O–H groups in total. The van der Waals surface area contributed by atoms with Gasteiger partial charge >= 0.3 is 0 Å². The van der Waals surface area contributed by atoms with Gasteiger partial charge in [0.15, 0.2) is 5.69 Å². The highest BCUT2D eigenvalue weighted by Gasteiger charge is 2.34. The topological polar surface area (TPSA) is 86.3 Å². The van der Waals surface area contributed by atoms with Crippen LogP contribution in [-0.4, -0.2) is 50.0 Å². The van der Waals surface area contributed by atoms with Crippen molar-refractivity contribution in [3.63, 3.8) is 0 Å². The van der Waals surface area contributed by atoms with Crippen molar-refractivity contribution in [1.82, 2.24) is 24.8 Å². The number of hydrogen-bond acceptors (Lipinski definition) is 6. The number of carbonyl (C=O) groups is 1. The molecule has 1 atom stereocenters. The zero-order valence-electron chi connectivity index (χ0n) is 16.0. The molecule has 0 radical (unpaired) electrons. The summed E-state index contributed by atoms with van der Waals surface area (Å²) in [5.74, 6) is -0.0242. The van der Waals surface area contributed by atoms with Crippen molar-refractivity contribution in [1.29, 1.82) is 0 Å². The molecule has 2 aliphatic heterocycles. The minimum absolute atomic E-state index is 0.0144. The van der Waals surface area contributed by atoms with Gasteiger partial charge in [-0.1, -0.05) is 17.3 Å². The maximum Gasteiger partial charge on any atom is 0.279 e. The van der Waals surface area contributed by atoms with Crippen LogP contribution in [-0.2, 0) is 29.5 Å². The van der Waals surface area contributed by atoms with Crippen LogP contribution in [0.2, 0.25) is 0 Å². The fourth-order valence-electron chi connectivity index (χ4n) is 4.00. The second kappa shape index (κ2) is 7.07. The average Bonchev–Trinajstić information content (AvgIpc) is 3.48. The minimum atomic E-state index is -0.420. The van der Waals surface area contributed by atoms with Crippen LogP contribution in [0, 0.1) is 5.82 Å². The van der Waals surface area contributed by atoms with E-state index in [4.69, 9.17) is 9.26 Å². The van der Waals surface area contributed by atoms with Gasteiger partial charge in [0.2, 0.25) is 5.82 Å². The summed E-state index contributed by atoms with van der Waals surface area (Å²) >= 11 is 0. The van der Waals surface area contributed by atoms with E-state index >= 15 is 0 Å². The lowest BCUT2D eigenvalue weighted by Crippen LogP contribution is -2.42. The predicted molar refractivity (Wildman–Crippen MR) is 100.0 cm³/mol. The van der Waals surface area contributed by atoms with E-state index in [9.17, 15) is 9.18 Å². The number of ether oxygens (including phenoxy) is 1. The maximum absolute atomic E-state index is 14.1. The van der Waals surface area contributed by atoms with Crippen LogP contribution in [0.1, 0.15) is 24.1 Å². The first-order valence-corrected chi connectivity index (χ1v) is 9.66. The van der Waals surface area contributed by atoms with Crippen LogP contribution < -0.4 is 0 Å². The summed E-state index contributed by atoms with van der Waals surface area (Å²) in [6, 6.07) is 6.27. The van der Waals surface area contributed by atoms with Crippen LogP contribution in [0.4, 0.5) is 4.39 Å². The van der Waals surface area contributed by atoms with E-state index < -0.39 is 5.82 Å². The van der Waals surface area contributed by atoms with Crippen molar-refractivity contribution in [2.75, 3.05) is 13.2 Å². The summed E-state index contributed by atoms with van der Waals surface area (Å²) in [5.41, 5.74) is 2.71. The molecule has 150 valence electrons. The fraction of sp³-hybridized carbons (Fsp3) is 0.400. The molecular weight excluding hydrogens is 377 g/mol. The molecular formula is C20H20FN5O3. The Morgan fingerprint density at radius 2 is 2.17 bits per heavy atom. The van der Waals surface area contributed by atoms with E-state index in [0.29, 0.717) is 31.8 Å². The average molecular weight is 397 g/mol. The Bertz CT molecular complexity index is 1070. The van der Waals surface area contributed by atoms with E-state index in [-0.39, 0.29) is 29.3 Å². The van der Waals surface area contributed by atoms with Gasteiger partial charge in [0.1, 0.15) is 11.9 Å². The number of benzene rings is 1. The summed E-state index contributed by atoms with van der Waals surface area (Å²) in [7, 11) is 1.86. The van der Waals surface area contributed by atoms with Crippen molar-refractivity contribution in [2.45, 2.75) is 31.9 Å². The van der Waals surface area contributed by atoms with Gasteiger partial charge < -0.3 is 14.2 Å². The monoisotopic (exact) mass is 397 g/mol. The number of amides is 1. The molecule has 5 rings (SSSR count). The first-order chi connectivity index (χ1) is 14.1. The van der Waals surface area contributed by atoms with Gasteiger partial charge in [0.05, 0.1) is 5.56 Å². The molecule has 4 heterocycles. The van der Waals surface area contributed by atoms with Crippen LogP contribution in [0.25, 0.3) is 23.0 Å². The highest BCUT2D eigenvalue weighted by molar-refractivity contribution is 5.81. The van der Waals surface area contributed by atoms with Gasteiger partial charge in [-0.3, -0.25) is 9.48 Å². The molecule has 29 heavy (non-hydrogen) atoms. The standard InChI is InChI=1S/C20H20FN5O3/c1-25-15-8-9-26(20(27)16-7-4-10-28-16)11-13(15)17(23-25)19-22-18(24-29-19)12-5-2-3-6-14(12)21/h2-3,5-6,16H,4,7-11H2,1H3/t16-/m0/s1. The SMILES string of the molecule is Cn1nc(-c2nc(-c3ccccc3F)no2)c2c1CCN(C(=O)[C@@H]1CCCO1)C2. The van der Waals surface area contributed by atoms with Gasteiger partial charge in [-0.15, -0.1) is 0 Å². The molecule has 2 aromatic heterocycles. The predicted octanol–water partition coefficient (Wildman–Crippen LogP) is 2.34. The number of carbonyl (C=O) groups excluding carboxylic acids is 1. The van der Waals surface area contributed by atoms with Crippen molar-refractivity contribution in [3.8, 4) is 23.0 Å². The number of rotatable bonds is 3. The Hall–Kier alpha value is -3.07. The van der Waals surface area contributed by atoms with Crippen LogP contribution in [0.5, 0.6) is 0 Å². The van der Waals surface area contributed by atoms with Crippen LogP contribution >= 0.6 is 0 Å². The van der Waals surface area contributed by atoms with E-state index in [1.165, 1.54) is 6.07 Å². The molecule has 3 aromatic rings. The third-order valence-electron chi connectivity index (χ3n) is 5.50. The lowest BCUT2D eigenvalue weighted by Gasteiger charge is -2.29. The zero-order valence-corrected chi connectivity index (χ0v) is 16.0. The third-order valence-corrected chi connectivity index (χ3v) is 5.50. The molecule has 1 amide bonds. The van der Waals surface area contributed by atoms with E-state index in [2.05, 4.69) is 15.2 Å².